The van der Waals surface area contributed by atoms with Crippen molar-refractivity contribution in [3.63, 3.8) is 0 Å². The molecule has 3 aliphatic rings. The standard InChI is InChI=1S/C22H29N3O4/c26-21(27)10-2-9-20-19-8-4-12-23-11-3-6-17(22(19)23)15-24(20)14-16-5-1-7-18(13-16)25(28)29/h1-2,5,7,9,13,17,19-20,22H,3-4,6,8,10-12,14-15H2,(H,26,27)/b9-2-/t17-,19+,20+,22-/m0/s1. The molecule has 7 nitrogen and oxygen atoms in total. The Hall–Kier alpha value is -2.25. The Morgan fingerprint density at radius 1 is 1.28 bits per heavy atom. The zero-order valence-corrected chi connectivity index (χ0v) is 16.7. The quantitative estimate of drug-likeness (QED) is 0.449. The second kappa shape index (κ2) is 8.63. The van der Waals surface area contributed by atoms with Gasteiger partial charge in [-0.25, -0.2) is 0 Å². The average Bonchev–Trinajstić information content (AvgIpc) is 2.70. The van der Waals surface area contributed by atoms with Crippen molar-refractivity contribution in [1.29, 1.82) is 0 Å². The lowest BCUT2D eigenvalue weighted by Crippen LogP contribution is -2.64. The molecule has 0 saturated carbocycles. The van der Waals surface area contributed by atoms with Crippen molar-refractivity contribution in [2.75, 3.05) is 19.6 Å². The molecule has 1 N–H and O–H groups in total. The van der Waals surface area contributed by atoms with E-state index in [1.807, 2.05) is 6.07 Å². The predicted molar refractivity (Wildman–Crippen MR) is 109 cm³/mol. The Morgan fingerprint density at radius 3 is 2.83 bits per heavy atom. The summed E-state index contributed by atoms with van der Waals surface area (Å²) in [6.45, 7) is 3.97. The summed E-state index contributed by atoms with van der Waals surface area (Å²) in [5.41, 5.74) is 1.06. The van der Waals surface area contributed by atoms with E-state index >= 15 is 0 Å². The first kappa shape index (κ1) is 20.0. The number of nitro groups is 1. The molecule has 3 aliphatic heterocycles. The molecule has 4 rings (SSSR count). The number of nitrogens with zero attached hydrogens (tertiary/aromatic N) is 3. The second-order valence-electron chi connectivity index (χ2n) is 8.61. The first-order chi connectivity index (χ1) is 14.0. The molecule has 0 spiro atoms. The molecule has 3 fully saturated rings. The molecule has 1 aromatic carbocycles. The molecule has 0 aromatic heterocycles. The molecule has 0 bridgehead atoms. The van der Waals surface area contributed by atoms with Gasteiger partial charge in [-0.3, -0.25) is 24.7 Å². The number of carbonyl (C=O) groups is 1. The Morgan fingerprint density at radius 2 is 2.07 bits per heavy atom. The number of piperidine rings is 3. The highest BCUT2D eigenvalue weighted by Crippen LogP contribution is 2.43. The van der Waals surface area contributed by atoms with Crippen molar-refractivity contribution in [3.8, 4) is 0 Å². The van der Waals surface area contributed by atoms with E-state index in [0.717, 1.165) is 18.5 Å². The summed E-state index contributed by atoms with van der Waals surface area (Å²) in [5, 5.41) is 20.2. The largest absolute Gasteiger partial charge is 0.481 e. The van der Waals surface area contributed by atoms with E-state index in [2.05, 4.69) is 15.9 Å². The molecule has 29 heavy (non-hydrogen) atoms. The Balaban J connectivity index is 1.60. The molecule has 4 atom stereocenters. The Kier molecular flexibility index (Phi) is 5.96. The maximum atomic E-state index is 11.2. The second-order valence-corrected chi connectivity index (χ2v) is 8.61. The van der Waals surface area contributed by atoms with Gasteiger partial charge in [-0.15, -0.1) is 0 Å². The molecule has 0 radical (unpaired) electrons. The number of aliphatic carboxylic acids is 1. The van der Waals surface area contributed by atoms with Gasteiger partial charge in [0.15, 0.2) is 0 Å². The van der Waals surface area contributed by atoms with Crippen LogP contribution in [0.2, 0.25) is 0 Å². The number of nitro benzene ring substituents is 1. The van der Waals surface area contributed by atoms with Crippen molar-refractivity contribution < 1.29 is 14.8 Å². The summed E-state index contributed by atoms with van der Waals surface area (Å²) >= 11 is 0. The van der Waals surface area contributed by atoms with Crippen LogP contribution in [0.25, 0.3) is 0 Å². The van der Waals surface area contributed by atoms with Crippen LogP contribution in [0.3, 0.4) is 0 Å². The number of likely N-dealkylation sites (tertiary alicyclic amines) is 1. The lowest BCUT2D eigenvalue weighted by molar-refractivity contribution is -0.384. The predicted octanol–water partition coefficient (Wildman–Crippen LogP) is 3.30. The number of carboxylic acids is 1. The fourth-order valence-corrected chi connectivity index (χ4v) is 5.77. The van der Waals surface area contributed by atoms with Crippen molar-refractivity contribution >= 4 is 11.7 Å². The van der Waals surface area contributed by atoms with Gasteiger partial charge < -0.3 is 5.11 Å². The van der Waals surface area contributed by atoms with Crippen molar-refractivity contribution in [3.05, 3.63) is 52.1 Å². The summed E-state index contributed by atoms with van der Waals surface area (Å²) in [4.78, 5) is 26.9. The van der Waals surface area contributed by atoms with E-state index in [1.54, 1.807) is 18.2 Å². The molecular formula is C22H29N3O4. The van der Waals surface area contributed by atoms with E-state index in [9.17, 15) is 14.9 Å². The number of non-ortho nitro benzene ring substituents is 1. The van der Waals surface area contributed by atoms with Crippen LogP contribution in [-0.2, 0) is 11.3 Å². The van der Waals surface area contributed by atoms with E-state index in [1.165, 1.54) is 38.4 Å². The number of benzene rings is 1. The summed E-state index contributed by atoms with van der Waals surface area (Å²) < 4.78 is 0. The van der Waals surface area contributed by atoms with Crippen molar-refractivity contribution in [2.45, 2.75) is 50.7 Å². The van der Waals surface area contributed by atoms with E-state index in [4.69, 9.17) is 5.11 Å². The maximum absolute atomic E-state index is 11.2. The monoisotopic (exact) mass is 399 g/mol. The van der Waals surface area contributed by atoms with E-state index in [-0.39, 0.29) is 23.1 Å². The fourth-order valence-electron chi connectivity index (χ4n) is 5.77. The van der Waals surface area contributed by atoms with Crippen molar-refractivity contribution in [2.24, 2.45) is 11.8 Å². The van der Waals surface area contributed by atoms with Crippen LogP contribution in [0.5, 0.6) is 0 Å². The molecule has 0 amide bonds. The third-order valence-corrected chi connectivity index (χ3v) is 6.81. The highest BCUT2D eigenvalue weighted by molar-refractivity contribution is 5.68. The van der Waals surface area contributed by atoms with E-state index in [0.29, 0.717) is 24.4 Å². The van der Waals surface area contributed by atoms with Gasteiger partial charge >= 0.3 is 5.97 Å². The van der Waals surface area contributed by atoms with Gasteiger partial charge in [-0.1, -0.05) is 24.3 Å². The zero-order valence-electron chi connectivity index (χ0n) is 16.7. The summed E-state index contributed by atoms with van der Waals surface area (Å²) in [5.74, 6) is 0.298. The fraction of sp³-hybridized carbons (Fsp3) is 0.591. The number of rotatable bonds is 6. The molecule has 3 heterocycles. The molecular weight excluding hydrogens is 370 g/mol. The van der Waals surface area contributed by atoms with Gasteiger partial charge in [0.1, 0.15) is 0 Å². The first-order valence-corrected chi connectivity index (χ1v) is 10.6. The zero-order chi connectivity index (χ0) is 20.4. The SMILES string of the molecule is O=C(O)C/C=C\[C@@H]1[C@H]2CCCN3CCC[C@@H](CN1Cc1cccc([N+](=O)[O-])c1)[C@@H]23. The summed E-state index contributed by atoms with van der Waals surface area (Å²) in [6, 6.07) is 7.65. The van der Waals surface area contributed by atoms with Crippen LogP contribution < -0.4 is 0 Å². The average molecular weight is 399 g/mol. The smallest absolute Gasteiger partial charge is 0.307 e. The lowest BCUT2D eigenvalue weighted by Gasteiger charge is -2.57. The molecule has 3 saturated heterocycles. The molecule has 156 valence electrons. The normalized spacial score (nSPS) is 30.2. The highest BCUT2D eigenvalue weighted by atomic mass is 16.6. The maximum Gasteiger partial charge on any atom is 0.307 e. The minimum Gasteiger partial charge on any atom is -0.481 e. The minimum atomic E-state index is -0.817. The third-order valence-electron chi connectivity index (χ3n) is 6.81. The van der Waals surface area contributed by atoms with Gasteiger partial charge in [0.2, 0.25) is 0 Å². The van der Waals surface area contributed by atoms with Crippen LogP contribution in [0.15, 0.2) is 36.4 Å². The van der Waals surface area contributed by atoms with E-state index < -0.39 is 5.97 Å². The Labute approximate surface area is 171 Å². The molecule has 7 heteroatoms. The summed E-state index contributed by atoms with van der Waals surface area (Å²) in [7, 11) is 0. The molecule has 1 aromatic rings. The van der Waals surface area contributed by atoms with Crippen LogP contribution in [0, 0.1) is 22.0 Å². The van der Waals surface area contributed by atoms with Crippen LogP contribution in [-0.4, -0.2) is 57.5 Å². The van der Waals surface area contributed by atoms with Crippen LogP contribution in [0.1, 0.15) is 37.7 Å². The van der Waals surface area contributed by atoms with Gasteiger partial charge in [-0.2, -0.15) is 0 Å². The first-order valence-electron chi connectivity index (χ1n) is 10.6. The van der Waals surface area contributed by atoms with Crippen molar-refractivity contribution in [1.82, 2.24) is 9.80 Å². The van der Waals surface area contributed by atoms with Gasteiger partial charge in [0, 0.05) is 37.3 Å². The highest BCUT2D eigenvalue weighted by Gasteiger charge is 2.47. The van der Waals surface area contributed by atoms with Crippen LogP contribution in [0.4, 0.5) is 5.69 Å². The minimum absolute atomic E-state index is 0.0334. The molecule has 0 unspecified atom stereocenters. The topological polar surface area (TPSA) is 86.9 Å². The van der Waals surface area contributed by atoms with Crippen LogP contribution >= 0.6 is 0 Å². The van der Waals surface area contributed by atoms with Gasteiger partial charge in [0.25, 0.3) is 5.69 Å². The van der Waals surface area contributed by atoms with Gasteiger partial charge in [-0.05, 0) is 56.2 Å². The number of carboxylic acid groups (broad SMARTS) is 1. The number of hydrogen-bond donors (Lipinski definition) is 1. The molecule has 0 aliphatic carbocycles. The third kappa shape index (κ3) is 4.36. The lowest BCUT2D eigenvalue weighted by atomic mass is 9.69. The summed E-state index contributed by atoms with van der Waals surface area (Å²) in [6.07, 6.45) is 8.71. The number of hydrogen-bond acceptors (Lipinski definition) is 5. The van der Waals surface area contributed by atoms with Gasteiger partial charge in [0.05, 0.1) is 11.3 Å². The Bertz CT molecular complexity index is 794.